The number of halogens is 2. The molecule has 2 aromatic carbocycles. The molecular weight excluding hydrogens is 314 g/mol. The van der Waals surface area contributed by atoms with E-state index in [-0.39, 0.29) is 43.4 Å². The third-order valence-corrected chi connectivity index (χ3v) is 3.02. The summed E-state index contributed by atoms with van der Waals surface area (Å²) in [6, 6.07) is 8.81. The zero-order chi connectivity index (χ0) is 12.3. The molecule has 0 aliphatic heterocycles. The molecule has 0 atom stereocenters. The minimum atomic E-state index is 0. The molecule has 0 N–H and O–H groups in total. The number of aryl methyl sites for hydroxylation is 6. The van der Waals surface area contributed by atoms with Gasteiger partial charge in [0.15, 0.2) is 0 Å². The van der Waals surface area contributed by atoms with Crippen molar-refractivity contribution in [2.45, 2.75) is 41.5 Å². The fourth-order valence-electron chi connectivity index (χ4n) is 1.90. The summed E-state index contributed by atoms with van der Waals surface area (Å²) >= 11 is 0. The molecular formula is C16H22Cl2V. The Kier molecular flexibility index (Phi) is 13.4. The van der Waals surface area contributed by atoms with Gasteiger partial charge in [-0.2, -0.15) is 34.4 Å². The summed E-state index contributed by atoms with van der Waals surface area (Å²) in [4.78, 5) is 0. The molecule has 0 saturated heterocycles. The maximum Gasteiger partial charge on any atom is 4.00 e. The van der Waals surface area contributed by atoms with E-state index in [1.165, 1.54) is 33.4 Å². The van der Waals surface area contributed by atoms with Gasteiger partial charge in [0, 0.05) is 0 Å². The maximum atomic E-state index is 2.20. The van der Waals surface area contributed by atoms with Crippen LogP contribution in [0.15, 0.2) is 24.3 Å². The van der Waals surface area contributed by atoms with Crippen molar-refractivity contribution >= 4 is 0 Å². The molecule has 0 aliphatic carbocycles. The topological polar surface area (TPSA) is 0 Å². The molecule has 3 heteroatoms. The zero-order valence-electron chi connectivity index (χ0n) is 12.5. The first-order chi connectivity index (χ1) is 7.40. The molecule has 0 unspecified atom stereocenters. The van der Waals surface area contributed by atoms with Gasteiger partial charge >= 0.3 is 18.6 Å². The Morgan fingerprint density at radius 1 is 0.684 bits per heavy atom. The van der Waals surface area contributed by atoms with Crippen LogP contribution in [0.4, 0.5) is 0 Å². The summed E-state index contributed by atoms with van der Waals surface area (Å²) in [5, 5.41) is 0. The van der Waals surface area contributed by atoms with E-state index in [2.05, 4.69) is 65.8 Å². The molecule has 0 nitrogen and oxygen atoms in total. The number of hydrogen-bond donors (Lipinski definition) is 0. The second-order valence-corrected chi connectivity index (χ2v) is 4.80. The molecule has 0 fully saturated rings. The van der Waals surface area contributed by atoms with Crippen LogP contribution in [0.2, 0.25) is 0 Å². The molecule has 1 radical (unpaired) electrons. The first kappa shape index (κ1) is 23.9. The van der Waals surface area contributed by atoms with Gasteiger partial charge in [0.1, 0.15) is 0 Å². The summed E-state index contributed by atoms with van der Waals surface area (Å²) in [5.74, 6) is 0. The Bertz CT molecular complexity index is 384. The van der Waals surface area contributed by atoms with Crippen LogP contribution >= 0.6 is 0 Å². The number of rotatable bonds is 0. The van der Waals surface area contributed by atoms with E-state index in [9.17, 15) is 0 Å². The third kappa shape index (κ3) is 7.89. The molecule has 2 rings (SSSR count). The molecule has 0 aromatic heterocycles. The van der Waals surface area contributed by atoms with Crippen molar-refractivity contribution in [2.24, 2.45) is 0 Å². The monoisotopic (exact) mass is 335 g/mol. The number of hydrogen-bond acceptors (Lipinski definition) is 0. The van der Waals surface area contributed by atoms with E-state index in [4.69, 9.17) is 0 Å². The first-order valence-corrected chi connectivity index (χ1v) is 5.81. The Labute approximate surface area is 142 Å². The van der Waals surface area contributed by atoms with Gasteiger partial charge in [-0.15, -0.1) is 0 Å². The molecule has 0 aliphatic rings. The van der Waals surface area contributed by atoms with Crippen LogP contribution < -0.4 is 24.8 Å². The molecule has 0 spiro atoms. The molecule has 0 amide bonds. The zero-order valence-corrected chi connectivity index (χ0v) is 15.4. The van der Waals surface area contributed by atoms with Gasteiger partial charge in [-0.25, -0.2) is 23.3 Å². The smallest absolute Gasteiger partial charge is 1.00 e. The normalized spacial score (nSPS) is 8.32. The van der Waals surface area contributed by atoms with Gasteiger partial charge in [0.05, 0.1) is 0 Å². The van der Waals surface area contributed by atoms with Crippen LogP contribution in [-0.4, -0.2) is 0 Å². The van der Waals surface area contributed by atoms with Crippen molar-refractivity contribution in [3.05, 3.63) is 57.6 Å². The van der Waals surface area contributed by atoms with Crippen molar-refractivity contribution in [1.29, 1.82) is 0 Å². The molecule has 0 bridgehead atoms. The molecule has 105 valence electrons. The Balaban J connectivity index is -0.000000233. The van der Waals surface area contributed by atoms with Gasteiger partial charge in [-0.05, 0) is 0 Å². The third-order valence-electron chi connectivity index (χ3n) is 3.02. The Morgan fingerprint density at radius 3 is 1.00 bits per heavy atom. The summed E-state index contributed by atoms with van der Waals surface area (Å²) in [6.45, 7) is 12.8. The largest absolute Gasteiger partial charge is 4.00 e. The van der Waals surface area contributed by atoms with E-state index < -0.39 is 0 Å². The van der Waals surface area contributed by atoms with E-state index >= 15 is 0 Å². The minimum Gasteiger partial charge on any atom is -1.00 e. The fraction of sp³-hybridized carbons (Fsp3) is 0.375. The van der Waals surface area contributed by atoms with Gasteiger partial charge in [-0.1, -0.05) is 41.5 Å². The second-order valence-electron chi connectivity index (χ2n) is 4.80. The Hall–Kier alpha value is -0.136. The van der Waals surface area contributed by atoms with Crippen LogP contribution in [0, 0.1) is 41.5 Å². The van der Waals surface area contributed by atoms with E-state index in [0.29, 0.717) is 0 Å². The summed E-state index contributed by atoms with van der Waals surface area (Å²) < 4.78 is 0. The summed E-state index contributed by atoms with van der Waals surface area (Å²) in [5.41, 5.74) is 8.37. The average molecular weight is 336 g/mol. The minimum absolute atomic E-state index is 0. The van der Waals surface area contributed by atoms with Gasteiger partial charge in [0.2, 0.25) is 0 Å². The Morgan fingerprint density at radius 2 is 0.947 bits per heavy atom. The van der Waals surface area contributed by atoms with E-state index in [1.807, 2.05) is 0 Å². The first-order valence-electron chi connectivity index (χ1n) is 5.81. The van der Waals surface area contributed by atoms with Crippen LogP contribution in [0.5, 0.6) is 0 Å². The SMILES string of the molecule is Cc1cc(C)[c-](C)c1.Cc1cc(C)[c-](C)c1.[Cl-].[Cl-].[V+4]. The van der Waals surface area contributed by atoms with Crippen molar-refractivity contribution in [1.82, 2.24) is 0 Å². The standard InChI is InChI=1S/2C8H11.2ClH.V/c2*1-6-4-7(2)8(3)5-6;;;/h2*4-5H,1-3H3;2*1H;/q2*-1;;;+4/p-2. The van der Waals surface area contributed by atoms with E-state index in [1.54, 1.807) is 0 Å². The van der Waals surface area contributed by atoms with Crippen LogP contribution in [0.3, 0.4) is 0 Å². The van der Waals surface area contributed by atoms with Gasteiger partial charge < -0.3 is 24.8 Å². The van der Waals surface area contributed by atoms with Crippen molar-refractivity contribution in [3.63, 3.8) is 0 Å². The molecule has 0 heterocycles. The van der Waals surface area contributed by atoms with Crippen molar-refractivity contribution < 1.29 is 43.4 Å². The fourth-order valence-corrected chi connectivity index (χ4v) is 1.90. The average Bonchev–Trinajstić information content (AvgIpc) is 2.58. The molecule has 0 saturated carbocycles. The summed E-state index contributed by atoms with van der Waals surface area (Å²) in [6.07, 6.45) is 0. The second kappa shape index (κ2) is 10.6. The van der Waals surface area contributed by atoms with Gasteiger partial charge in [-0.3, -0.25) is 0 Å². The molecule has 2 aromatic rings. The maximum absolute atomic E-state index is 2.20. The van der Waals surface area contributed by atoms with Crippen molar-refractivity contribution in [2.75, 3.05) is 0 Å². The predicted octanol–water partition coefficient (Wildman–Crippen LogP) is -1.33. The van der Waals surface area contributed by atoms with Crippen LogP contribution in [0.1, 0.15) is 33.4 Å². The summed E-state index contributed by atoms with van der Waals surface area (Å²) in [7, 11) is 0. The predicted molar refractivity (Wildman–Crippen MR) is 72.5 cm³/mol. The van der Waals surface area contributed by atoms with Crippen LogP contribution in [-0.2, 0) is 18.6 Å². The van der Waals surface area contributed by atoms with Crippen molar-refractivity contribution in [3.8, 4) is 0 Å². The quantitative estimate of drug-likeness (QED) is 0.523. The van der Waals surface area contributed by atoms with E-state index in [0.717, 1.165) is 0 Å². The molecule has 19 heavy (non-hydrogen) atoms. The van der Waals surface area contributed by atoms with Gasteiger partial charge in [0.25, 0.3) is 0 Å². The van der Waals surface area contributed by atoms with Crippen LogP contribution in [0.25, 0.3) is 0 Å².